The van der Waals surface area contributed by atoms with Crippen LogP contribution >= 0.6 is 0 Å². The van der Waals surface area contributed by atoms with E-state index in [1.807, 2.05) is 24.5 Å². The van der Waals surface area contributed by atoms with Gasteiger partial charge >= 0.3 is 0 Å². The molecule has 2 aliphatic rings. The summed E-state index contributed by atoms with van der Waals surface area (Å²) in [4.78, 5) is 19.2. The van der Waals surface area contributed by atoms with Crippen LogP contribution in [0, 0.1) is 37.6 Å². The van der Waals surface area contributed by atoms with E-state index in [0.29, 0.717) is 23.0 Å². The average molecular weight is 2170 g/mol. The maximum atomic E-state index is 6.92. The van der Waals surface area contributed by atoms with E-state index >= 15 is 0 Å². The monoisotopic (exact) mass is 2170 g/mol. The largest absolute Gasteiger partial charge is 0.509 e. The second kappa shape index (κ2) is 38.0. The van der Waals surface area contributed by atoms with Crippen LogP contribution < -0.4 is 29.1 Å². The van der Waals surface area contributed by atoms with E-state index in [4.69, 9.17) is 19.4 Å². The van der Waals surface area contributed by atoms with E-state index in [1.54, 1.807) is 0 Å². The number of anilines is 4. The Morgan fingerprint density at radius 1 is 0.254 bits per heavy atom. The molecule has 0 aliphatic carbocycles. The summed E-state index contributed by atoms with van der Waals surface area (Å²) < 4.78 is 18.3. The number of benzene rings is 13. The van der Waals surface area contributed by atoms with Gasteiger partial charge in [0.1, 0.15) is 11.6 Å². The zero-order valence-corrected chi connectivity index (χ0v) is 88.5. The van der Waals surface area contributed by atoms with Crippen molar-refractivity contribution in [2.45, 2.75) is 208 Å². The second-order valence-electron chi connectivity index (χ2n) is 44.1. The topological polar surface area (TPSA) is 67.1 Å². The Labute approximate surface area is 848 Å². The molecule has 0 spiro atoms. The van der Waals surface area contributed by atoms with Crippen molar-refractivity contribution in [2.24, 2.45) is 0 Å². The van der Waals surface area contributed by atoms with Crippen molar-refractivity contribution >= 4 is 66.4 Å². The zero-order valence-electron chi connectivity index (χ0n) is 83.9. The van der Waals surface area contributed by atoms with Gasteiger partial charge in [-0.1, -0.05) is 370 Å². The Bertz CT molecular complexity index is 7350. The molecular formula is C126H126N8O2Pt2-6. The Hall–Kier alpha value is -12.6. The van der Waals surface area contributed by atoms with Gasteiger partial charge in [-0.05, 0) is 172 Å². The van der Waals surface area contributed by atoms with E-state index in [-0.39, 0.29) is 90.9 Å². The molecule has 6 heterocycles. The van der Waals surface area contributed by atoms with Gasteiger partial charge in [0.15, 0.2) is 0 Å². The van der Waals surface area contributed by atoms with Crippen LogP contribution in [0.2, 0.25) is 0 Å². The molecule has 0 saturated carbocycles. The van der Waals surface area contributed by atoms with Crippen LogP contribution in [0.4, 0.5) is 22.7 Å². The molecule has 0 atom stereocenters. The molecule has 0 radical (unpaired) electrons. The minimum absolute atomic E-state index is 0. The Kier molecular flexibility index (Phi) is 27.1. The molecule has 138 heavy (non-hydrogen) atoms. The molecule has 0 fully saturated rings. The average Bonchev–Trinajstić information content (AvgIpc) is 1.58. The molecular weight excluding hydrogens is 2050 g/mol. The first-order valence-electron chi connectivity index (χ1n) is 47.8. The summed E-state index contributed by atoms with van der Waals surface area (Å²) in [5, 5.41) is 4.43. The fraction of sp³-hybridized carbons (Fsp3) is 0.254. The normalized spacial score (nSPS) is 13.6. The molecule has 0 N–H and O–H groups in total. The molecule has 19 rings (SSSR count). The summed E-state index contributed by atoms with van der Waals surface area (Å²) in [6.45, 7) is 57.0. The van der Waals surface area contributed by atoms with E-state index in [2.05, 4.69) is 535 Å². The first-order chi connectivity index (χ1) is 64.5. The van der Waals surface area contributed by atoms with Gasteiger partial charge in [0.2, 0.25) is 0 Å². The number of hydrogen-bond acceptors (Lipinski definition) is 8. The van der Waals surface area contributed by atoms with E-state index in [9.17, 15) is 0 Å². The van der Waals surface area contributed by atoms with Crippen molar-refractivity contribution in [3.05, 3.63) is 444 Å². The van der Waals surface area contributed by atoms with Gasteiger partial charge in [0.25, 0.3) is 0 Å². The predicted octanol–water partition coefficient (Wildman–Crippen LogP) is 32.5. The predicted molar refractivity (Wildman–Crippen MR) is 568 cm³/mol. The molecule has 10 nitrogen and oxygen atoms in total. The van der Waals surface area contributed by atoms with Crippen LogP contribution in [0.1, 0.15) is 220 Å². The molecule has 0 saturated heterocycles. The summed E-state index contributed by atoms with van der Waals surface area (Å²) in [7, 11) is 0. The molecule has 4 aromatic heterocycles. The molecule has 2 aliphatic heterocycles. The Morgan fingerprint density at radius 3 is 0.935 bits per heavy atom. The molecule has 12 heteroatoms. The zero-order chi connectivity index (χ0) is 96.0. The van der Waals surface area contributed by atoms with Gasteiger partial charge in [-0.2, -0.15) is 12.1 Å². The van der Waals surface area contributed by atoms with Crippen LogP contribution in [-0.2, 0) is 90.9 Å². The Morgan fingerprint density at radius 2 is 0.572 bits per heavy atom. The third-order valence-corrected chi connectivity index (χ3v) is 27.8. The van der Waals surface area contributed by atoms with Gasteiger partial charge in [0, 0.05) is 133 Å². The summed E-state index contributed by atoms with van der Waals surface area (Å²) in [6.07, 6.45) is 8.41. The van der Waals surface area contributed by atoms with E-state index in [1.165, 1.54) is 61.2 Å². The number of rotatable bonds is 19. The van der Waals surface area contributed by atoms with Crippen LogP contribution in [-0.4, -0.2) is 19.1 Å². The van der Waals surface area contributed by atoms with Crippen molar-refractivity contribution in [3.8, 4) is 45.8 Å². The number of hydrogen-bond donors (Lipinski definition) is 0. The van der Waals surface area contributed by atoms with E-state index in [0.717, 1.165) is 101 Å². The number of ether oxygens (including phenoxy) is 2. The second-order valence-corrected chi connectivity index (χ2v) is 44.1. The van der Waals surface area contributed by atoms with Gasteiger partial charge in [-0.25, -0.2) is 9.97 Å². The summed E-state index contributed by atoms with van der Waals surface area (Å²) in [6, 6.07) is 126. The number of aromatic nitrogens is 4. The molecule has 708 valence electrons. The number of para-hydroxylation sites is 2. The standard InChI is InChI=1S/C64H61N4O.C62H65N4O.2Pt/c1-61(2,3)49-34-45(44-22-14-11-15-23-44)35-52(37-49)67-43-66(42-59(67)64(9,10)47-26-18-13-19-27-47)51-36-50(62(4,5)6)38-54(40-51)69-53-30-31-56-55-28-20-21-29-57(55)68(58(56)41-53)60-39-48(32-33-65-60)63(7,8)46-24-16-12-17-25-46;1-58(2,3)45-32-46(59(4,5)6)35-49(34-45)65-41-64(40-56(65)62(12,13)43-24-18-15-19-25-43)48-33-47(60(7,8)9)36-51(38-48)67-50-28-29-53-52-26-20-21-27-54(52)66(55(53)39-50)57-37-44(30-31-63-57)61(10,11)42-22-16-14-17-23-42;;/h11-39,42-43H,1-10H3;14-37,40-41H,1-13H3;;/q2*-3;;. The number of allylic oxidation sites excluding steroid dienone is 2. The minimum Gasteiger partial charge on any atom is -0.509 e. The summed E-state index contributed by atoms with van der Waals surface area (Å²) in [5.74, 6) is 4.11. The number of pyridine rings is 2. The maximum Gasteiger partial charge on any atom is 0.135 e. The summed E-state index contributed by atoms with van der Waals surface area (Å²) >= 11 is 0. The smallest absolute Gasteiger partial charge is 0.135 e. The maximum absolute atomic E-state index is 6.92. The first kappa shape index (κ1) is 98.5. The van der Waals surface area contributed by atoms with Gasteiger partial charge in [0.05, 0.1) is 0 Å². The van der Waals surface area contributed by atoms with Crippen LogP contribution in [0.25, 0.3) is 66.4 Å². The van der Waals surface area contributed by atoms with Crippen LogP contribution in [0.15, 0.2) is 346 Å². The van der Waals surface area contributed by atoms with Gasteiger partial charge in [-0.15, -0.1) is 107 Å². The van der Waals surface area contributed by atoms with Crippen molar-refractivity contribution in [1.82, 2.24) is 19.1 Å². The molecule has 0 unspecified atom stereocenters. The molecule has 0 amide bonds. The third-order valence-electron chi connectivity index (χ3n) is 27.8. The molecule has 17 aromatic rings. The first-order valence-corrected chi connectivity index (χ1v) is 47.8. The fourth-order valence-corrected chi connectivity index (χ4v) is 18.8. The van der Waals surface area contributed by atoms with Crippen LogP contribution in [0.5, 0.6) is 23.0 Å². The number of nitrogens with zero attached hydrogens (tertiary/aromatic N) is 8. The quantitative estimate of drug-likeness (QED) is 0.0742. The SMILES string of the molecule is CC(C)(C)c1cc(Oc2[c-]c3c(cc2)c2ccccc2n3-c2cc(C(C)(C)c3ccccc3)ccn2)[c-]c(N2C=C(C(C)(C)c3ccccc3)N(c3cc(-c4ccccc4)cc(C(C)(C)C)c3)[CH-]2)c1.CC(C)(C)c1cc(Oc2[c-]c3c(cc2)c2ccccc2n3-c2cc(C(C)(C)c3ccccc3)ccn2)[c-]c(N2C=C(C(C)(C)c3ccccc3)N(c3cc(C(C)(C)C)cc(C(C)(C)C)c3)[CH-]2)c1.[Pt].[Pt]. The van der Waals surface area contributed by atoms with Gasteiger partial charge in [-0.3, -0.25) is 0 Å². The van der Waals surface area contributed by atoms with Crippen molar-refractivity contribution in [1.29, 1.82) is 0 Å². The minimum atomic E-state index is -0.368. The fourth-order valence-electron chi connectivity index (χ4n) is 18.8. The molecule has 0 bridgehead atoms. The van der Waals surface area contributed by atoms with Crippen molar-refractivity contribution in [3.63, 3.8) is 0 Å². The number of fused-ring (bicyclic) bond motifs is 6. The van der Waals surface area contributed by atoms with Crippen molar-refractivity contribution in [2.75, 3.05) is 19.6 Å². The van der Waals surface area contributed by atoms with Crippen LogP contribution in [0.3, 0.4) is 0 Å². The van der Waals surface area contributed by atoms with E-state index < -0.39 is 0 Å². The van der Waals surface area contributed by atoms with Crippen molar-refractivity contribution < 1.29 is 51.6 Å². The Balaban J connectivity index is 0.000000197. The summed E-state index contributed by atoms with van der Waals surface area (Å²) in [5.41, 5.74) is 24.4. The third kappa shape index (κ3) is 19.8. The van der Waals surface area contributed by atoms with Gasteiger partial charge < -0.3 is 38.2 Å². The molecule has 13 aromatic carbocycles.